The van der Waals surface area contributed by atoms with E-state index in [1.54, 1.807) is 0 Å². The molecule has 0 amide bonds. The van der Waals surface area contributed by atoms with Crippen LogP contribution >= 0.6 is 0 Å². The molecular weight excluding hydrogens is 94.8 g/mol. The highest BCUT2D eigenvalue weighted by Crippen LogP contribution is 1.40. The van der Waals surface area contributed by atoms with Crippen LogP contribution in [0.3, 0.4) is 0 Å². The largest absolute Gasteiger partial charge is 0.631 e. The lowest BCUT2D eigenvalue weighted by atomic mass is 10.3. The average molecular weight is 102 g/mol. The molecule has 0 saturated carbocycles. The predicted molar refractivity (Wildman–Crippen MR) is 27.2 cm³/mol. The van der Waals surface area contributed by atoms with Crippen LogP contribution in [-0.2, 0) is 0 Å². The molecular formula is C3H7BO3. The second-order valence-corrected chi connectivity index (χ2v) is 0.596. The summed E-state index contributed by atoms with van der Waals surface area (Å²) in [5, 5.41) is 21.5. The second kappa shape index (κ2) is 9.07. The van der Waals surface area contributed by atoms with Crippen LogP contribution in [0.4, 0.5) is 0 Å². The van der Waals surface area contributed by atoms with E-state index in [4.69, 9.17) is 15.1 Å². The van der Waals surface area contributed by atoms with E-state index in [1.807, 2.05) is 0 Å². The maximum absolute atomic E-state index is 7.17. The zero-order valence-corrected chi connectivity index (χ0v) is 3.83. The van der Waals surface area contributed by atoms with Gasteiger partial charge in [-0.3, -0.25) is 0 Å². The van der Waals surface area contributed by atoms with Crippen LogP contribution in [-0.4, -0.2) is 22.4 Å². The summed E-state index contributed by atoms with van der Waals surface area (Å²) >= 11 is 0. The Kier molecular flexibility index (Phi) is 12.6. The predicted octanol–water partition coefficient (Wildman–Crippen LogP) is -1.09. The van der Waals surface area contributed by atoms with E-state index in [9.17, 15) is 0 Å². The molecule has 0 aliphatic carbocycles. The quantitative estimate of drug-likeness (QED) is 0.269. The van der Waals surface area contributed by atoms with Gasteiger partial charge in [-0.25, -0.2) is 0 Å². The van der Waals surface area contributed by atoms with Crippen LogP contribution in [0.1, 0.15) is 0 Å². The van der Waals surface area contributed by atoms with Crippen LogP contribution in [0.5, 0.6) is 0 Å². The summed E-state index contributed by atoms with van der Waals surface area (Å²) < 4.78 is 0. The van der Waals surface area contributed by atoms with Gasteiger partial charge in [0.15, 0.2) is 0 Å². The van der Waals surface area contributed by atoms with Crippen molar-refractivity contribution < 1.29 is 15.1 Å². The molecule has 0 aromatic heterocycles. The maximum Gasteiger partial charge on any atom is 0.631 e. The van der Waals surface area contributed by atoms with E-state index < -0.39 is 7.32 Å². The molecule has 0 heterocycles. The monoisotopic (exact) mass is 102 g/mol. The molecule has 3 nitrogen and oxygen atoms in total. The molecule has 0 bridgehead atoms. The molecule has 7 heavy (non-hydrogen) atoms. The van der Waals surface area contributed by atoms with Crippen molar-refractivity contribution >= 4 is 7.32 Å². The van der Waals surface area contributed by atoms with Gasteiger partial charge in [0.1, 0.15) is 0 Å². The zero-order valence-electron chi connectivity index (χ0n) is 3.83. The molecule has 0 rings (SSSR count). The van der Waals surface area contributed by atoms with Crippen LogP contribution in [0, 0.1) is 0 Å². The molecule has 40 valence electrons. The molecule has 0 saturated heterocycles. The van der Waals surface area contributed by atoms with Gasteiger partial charge >= 0.3 is 7.32 Å². The Balaban J connectivity index is 0. The van der Waals surface area contributed by atoms with Crippen molar-refractivity contribution in [3.05, 3.63) is 18.9 Å². The summed E-state index contributed by atoms with van der Waals surface area (Å²) in [6.07, 6.45) is 0. The Morgan fingerprint density at radius 1 is 1.14 bits per heavy atom. The molecule has 0 atom stereocenters. The van der Waals surface area contributed by atoms with E-state index in [0.29, 0.717) is 0 Å². The van der Waals surface area contributed by atoms with Gasteiger partial charge in [-0.1, -0.05) is 13.2 Å². The fourth-order valence-corrected chi connectivity index (χ4v) is 0. The Labute approximate surface area is 42.4 Å². The Morgan fingerprint density at radius 2 is 1.14 bits per heavy atom. The summed E-state index contributed by atoms with van der Waals surface area (Å²) in [6.45, 7) is 6.25. The van der Waals surface area contributed by atoms with Gasteiger partial charge in [-0.2, -0.15) is 0 Å². The minimum atomic E-state index is -2.17. The highest BCUT2D eigenvalue weighted by Gasteiger charge is 1.92. The third-order valence-corrected chi connectivity index (χ3v) is 0. The summed E-state index contributed by atoms with van der Waals surface area (Å²) in [4.78, 5) is 0. The second-order valence-electron chi connectivity index (χ2n) is 0.596. The molecule has 0 unspecified atom stereocenters. The first kappa shape index (κ1) is 9.69. The van der Waals surface area contributed by atoms with Crippen LogP contribution in [0.2, 0.25) is 0 Å². The third-order valence-electron chi connectivity index (χ3n) is 0. The molecule has 4 heteroatoms. The Morgan fingerprint density at radius 3 is 1.14 bits per heavy atom. The first-order chi connectivity index (χ1) is 3.15. The molecule has 0 fully saturated rings. The lowest BCUT2D eigenvalue weighted by Gasteiger charge is -1.69. The topological polar surface area (TPSA) is 60.7 Å². The normalized spacial score (nSPS) is 5.00. The molecule has 0 aromatic rings. The van der Waals surface area contributed by atoms with Crippen molar-refractivity contribution in [1.29, 1.82) is 0 Å². The van der Waals surface area contributed by atoms with Gasteiger partial charge in [0.25, 0.3) is 0 Å². The number of hydrogen-bond donors (Lipinski definition) is 3. The van der Waals surface area contributed by atoms with E-state index >= 15 is 0 Å². The molecule has 0 aromatic carbocycles. The van der Waals surface area contributed by atoms with Crippen LogP contribution < -0.4 is 0 Å². The zero-order chi connectivity index (χ0) is 6.28. The summed E-state index contributed by atoms with van der Waals surface area (Å²) in [5.41, 5.74) is 2.25. The van der Waals surface area contributed by atoms with Crippen LogP contribution in [0.15, 0.2) is 18.9 Å². The minimum absolute atomic E-state index is 2.17. The lowest BCUT2D eigenvalue weighted by molar-refractivity contribution is 0.278. The smallest absolute Gasteiger partial charge is 0.402 e. The molecule has 0 aliphatic rings. The van der Waals surface area contributed by atoms with Crippen LogP contribution in [0.25, 0.3) is 0 Å². The number of hydrogen-bond acceptors (Lipinski definition) is 3. The Hall–Kier alpha value is -0.535. The van der Waals surface area contributed by atoms with Gasteiger partial charge in [-0.05, 0) is 0 Å². The number of rotatable bonds is 0. The maximum atomic E-state index is 7.17. The van der Waals surface area contributed by atoms with Crippen molar-refractivity contribution in [3.8, 4) is 0 Å². The van der Waals surface area contributed by atoms with Crippen molar-refractivity contribution in [1.82, 2.24) is 0 Å². The highest BCUT2D eigenvalue weighted by molar-refractivity contribution is 6.30. The van der Waals surface area contributed by atoms with E-state index in [1.165, 1.54) is 0 Å². The standard InChI is InChI=1S/C3H4.BH3O3/c1-3-2;2-1(3)4/h1-2H2;2-4H. The van der Waals surface area contributed by atoms with Gasteiger partial charge in [0.2, 0.25) is 0 Å². The SMILES string of the molecule is C=C=C.OB(O)O. The van der Waals surface area contributed by atoms with Gasteiger partial charge in [0, 0.05) is 0 Å². The first-order valence-corrected chi connectivity index (χ1v) is 1.48. The van der Waals surface area contributed by atoms with Crippen molar-refractivity contribution in [2.45, 2.75) is 0 Å². The fraction of sp³-hybridized carbons (Fsp3) is 0. The molecule has 0 aliphatic heterocycles. The van der Waals surface area contributed by atoms with Crippen molar-refractivity contribution in [3.63, 3.8) is 0 Å². The van der Waals surface area contributed by atoms with Crippen molar-refractivity contribution in [2.75, 3.05) is 0 Å². The molecule has 3 N–H and O–H groups in total. The summed E-state index contributed by atoms with van der Waals surface area (Å²) in [7, 11) is -2.17. The van der Waals surface area contributed by atoms with E-state index in [0.717, 1.165) is 0 Å². The molecule has 0 radical (unpaired) electrons. The third kappa shape index (κ3) is 229. The fourth-order valence-electron chi connectivity index (χ4n) is 0. The van der Waals surface area contributed by atoms with Crippen molar-refractivity contribution in [2.24, 2.45) is 0 Å². The first-order valence-electron chi connectivity index (χ1n) is 1.48. The van der Waals surface area contributed by atoms with E-state index in [2.05, 4.69) is 18.9 Å². The minimum Gasteiger partial charge on any atom is -0.402 e. The molecule has 0 spiro atoms. The average Bonchev–Trinajstić information content (AvgIpc) is 1.33. The van der Waals surface area contributed by atoms with E-state index in [-0.39, 0.29) is 0 Å². The highest BCUT2D eigenvalue weighted by atomic mass is 16.5. The summed E-state index contributed by atoms with van der Waals surface area (Å²) in [5.74, 6) is 0. The van der Waals surface area contributed by atoms with Gasteiger partial charge < -0.3 is 15.1 Å². The summed E-state index contributed by atoms with van der Waals surface area (Å²) in [6, 6.07) is 0. The van der Waals surface area contributed by atoms with Gasteiger partial charge in [0.05, 0.1) is 0 Å². The Bertz CT molecular complexity index is 52.4. The lowest BCUT2D eigenvalue weighted by Crippen LogP contribution is -2.07. The van der Waals surface area contributed by atoms with Gasteiger partial charge in [-0.15, -0.1) is 5.73 Å².